The number of nitrogens with one attached hydrogen (secondary N) is 1. The summed E-state index contributed by atoms with van der Waals surface area (Å²) in [5.74, 6) is 3.82. The highest BCUT2D eigenvalue weighted by molar-refractivity contribution is 7.94. The van der Waals surface area contributed by atoms with Crippen LogP contribution in [0.4, 0.5) is 11.4 Å². The van der Waals surface area contributed by atoms with Crippen molar-refractivity contribution in [1.82, 2.24) is 4.72 Å². The van der Waals surface area contributed by atoms with Crippen LogP contribution in [0.1, 0.15) is 46.7 Å². The molecule has 0 bridgehead atoms. The van der Waals surface area contributed by atoms with Gasteiger partial charge in [0.15, 0.2) is 33.5 Å². The zero-order valence-electron chi connectivity index (χ0n) is 38.5. The Labute approximate surface area is 409 Å². The first-order valence-corrected chi connectivity index (χ1v) is 24.6. The van der Waals surface area contributed by atoms with Crippen molar-refractivity contribution in [3.8, 4) is 45.6 Å². The van der Waals surface area contributed by atoms with Crippen molar-refractivity contribution in [3.63, 3.8) is 0 Å². The van der Waals surface area contributed by atoms with Crippen LogP contribution in [0.15, 0.2) is 148 Å². The van der Waals surface area contributed by atoms with Crippen LogP contribution >= 0.6 is 0 Å². The molecule has 0 fully saturated rings. The van der Waals surface area contributed by atoms with E-state index in [9.17, 15) is 18.3 Å². The fourth-order valence-electron chi connectivity index (χ4n) is 8.43. The Morgan fingerprint density at radius 1 is 0.714 bits per heavy atom. The maximum Gasteiger partial charge on any atom is 0.257 e. The standard InChI is InChI=1S/C54H46N4O10S2/c1-32-25-40(26-33(2)51(32)43-9-5-7-41-44(29-65-52(41)43)55-36-15-11-34(12-16-36)47-27-49(59)57-69(47)61)64-24-23-54(3,60)31-67-50-28-48(70(62)58-50)35-13-17-37(18-14-35)56-45-30-66-53-42(45)8-6-10-46(53)68-39-21-19-38(63-4)20-22-39/h5-22,25-28,60H,23-24,29-31H2,1-4H3,(H,57,59). The number of nitrogens with zero attached hydrogens (tertiary/aromatic N) is 3. The number of ether oxygens (including phenoxy) is 6. The predicted molar refractivity (Wildman–Crippen MR) is 272 cm³/mol. The lowest BCUT2D eigenvalue weighted by molar-refractivity contribution is -0.114. The van der Waals surface area contributed by atoms with Gasteiger partial charge in [0, 0.05) is 35.3 Å². The zero-order valence-corrected chi connectivity index (χ0v) is 40.1. The van der Waals surface area contributed by atoms with E-state index >= 15 is 0 Å². The van der Waals surface area contributed by atoms with Crippen molar-refractivity contribution in [2.24, 2.45) is 14.4 Å². The molecule has 4 aliphatic rings. The van der Waals surface area contributed by atoms with Gasteiger partial charge in [0.05, 0.1) is 51.9 Å². The van der Waals surface area contributed by atoms with Gasteiger partial charge in [-0.25, -0.2) is 18.4 Å². The first-order chi connectivity index (χ1) is 33.9. The van der Waals surface area contributed by atoms with Crippen LogP contribution < -0.4 is 28.4 Å². The Hall–Kier alpha value is -7.66. The van der Waals surface area contributed by atoms with E-state index in [0.717, 1.165) is 56.3 Å². The number of fused-ring (bicyclic) bond motifs is 2. The van der Waals surface area contributed by atoms with E-state index in [1.54, 1.807) is 32.2 Å². The highest BCUT2D eigenvalue weighted by atomic mass is 32.2. The molecule has 10 rings (SSSR count). The summed E-state index contributed by atoms with van der Waals surface area (Å²) in [6.07, 6.45) is 3.24. The van der Waals surface area contributed by atoms with Crippen LogP contribution in [0.25, 0.3) is 20.9 Å². The van der Waals surface area contributed by atoms with Gasteiger partial charge >= 0.3 is 0 Å². The molecule has 14 nitrogen and oxygen atoms in total. The molecule has 0 aliphatic carbocycles. The van der Waals surface area contributed by atoms with Gasteiger partial charge < -0.3 is 33.5 Å². The molecule has 6 aromatic carbocycles. The third-order valence-electron chi connectivity index (χ3n) is 11.9. The summed E-state index contributed by atoms with van der Waals surface area (Å²) in [4.78, 5) is 22.3. The summed E-state index contributed by atoms with van der Waals surface area (Å²) < 4.78 is 67.6. The van der Waals surface area contributed by atoms with E-state index < -0.39 is 27.6 Å². The van der Waals surface area contributed by atoms with Crippen molar-refractivity contribution in [2.75, 3.05) is 33.5 Å². The third-order valence-corrected chi connectivity index (χ3v) is 14.1. The number of aliphatic hydroxyl groups is 1. The molecule has 2 N–H and O–H groups in total. The van der Waals surface area contributed by atoms with Crippen molar-refractivity contribution >= 4 is 66.4 Å². The van der Waals surface area contributed by atoms with Gasteiger partial charge in [0.1, 0.15) is 42.8 Å². The van der Waals surface area contributed by atoms with Crippen LogP contribution in [0.2, 0.25) is 0 Å². The number of para-hydroxylation sites is 2. The van der Waals surface area contributed by atoms with E-state index in [0.29, 0.717) is 61.9 Å². The molecule has 3 atom stereocenters. The van der Waals surface area contributed by atoms with Gasteiger partial charge in [-0.05, 0) is 127 Å². The summed E-state index contributed by atoms with van der Waals surface area (Å²) in [5, 5.41) is 11.3. The maximum absolute atomic E-state index is 13.1. The molecule has 6 aromatic rings. The third kappa shape index (κ3) is 9.79. The van der Waals surface area contributed by atoms with Gasteiger partial charge in [-0.3, -0.25) is 9.52 Å². The average Bonchev–Trinajstić information content (AvgIpc) is 4.14. The number of hydrogen-bond donors (Lipinski definition) is 2. The summed E-state index contributed by atoms with van der Waals surface area (Å²) in [6, 6.07) is 37.6. The number of aryl methyl sites for hydroxylation is 2. The second-order valence-corrected chi connectivity index (χ2v) is 19.4. The molecule has 0 spiro atoms. The molecule has 0 radical (unpaired) electrons. The zero-order chi connectivity index (χ0) is 48.5. The van der Waals surface area contributed by atoms with Crippen LogP contribution in [0.5, 0.6) is 34.5 Å². The molecule has 0 saturated carbocycles. The summed E-state index contributed by atoms with van der Waals surface area (Å²) in [7, 11) is -1.64. The Morgan fingerprint density at radius 3 is 1.93 bits per heavy atom. The SMILES string of the molecule is COc1ccc(Oc2cccc3c2OCC3=Nc2ccc(C3=CC(OCC(C)(O)CCOc4cc(C)c(-c5cccc6c5OCC6=Nc5ccc(C6=CC(=O)NS6=O)cc5)c(C)c4)=NS3=O)cc2)cc1. The van der Waals surface area contributed by atoms with Gasteiger partial charge in [-0.2, -0.15) is 0 Å². The molecule has 0 aromatic heterocycles. The molecular formula is C54H46N4O10S2. The number of hydrogen-bond acceptors (Lipinski definition) is 12. The first kappa shape index (κ1) is 46.1. The molecule has 3 unspecified atom stereocenters. The largest absolute Gasteiger partial charge is 0.497 e. The normalized spacial score (nSPS) is 18.8. The molecule has 4 aliphatic heterocycles. The van der Waals surface area contributed by atoms with Gasteiger partial charge in [0.2, 0.25) is 5.90 Å². The highest BCUT2D eigenvalue weighted by Gasteiger charge is 2.28. The minimum atomic E-state index is -1.69. The fourth-order valence-corrected chi connectivity index (χ4v) is 10.2. The quantitative estimate of drug-likeness (QED) is 0.107. The summed E-state index contributed by atoms with van der Waals surface area (Å²) >= 11 is 0. The number of methoxy groups -OCH3 is 1. The van der Waals surface area contributed by atoms with E-state index in [2.05, 4.69) is 9.12 Å². The van der Waals surface area contributed by atoms with E-state index in [1.807, 2.05) is 123 Å². The smallest absolute Gasteiger partial charge is 0.257 e. The average molecular weight is 975 g/mol. The van der Waals surface area contributed by atoms with Crippen molar-refractivity contribution in [1.29, 1.82) is 0 Å². The second-order valence-electron chi connectivity index (χ2n) is 17.1. The molecule has 0 saturated heterocycles. The Bertz CT molecular complexity index is 3250. The van der Waals surface area contributed by atoms with Crippen molar-refractivity contribution in [2.45, 2.75) is 32.8 Å². The fraction of sp³-hybridized carbons (Fsp3) is 0.185. The first-order valence-electron chi connectivity index (χ1n) is 22.3. The predicted octanol–water partition coefficient (Wildman–Crippen LogP) is 9.59. The van der Waals surface area contributed by atoms with E-state index in [1.165, 1.54) is 6.08 Å². The molecule has 4 heterocycles. The van der Waals surface area contributed by atoms with Gasteiger partial charge in [-0.15, -0.1) is 4.40 Å². The summed E-state index contributed by atoms with van der Waals surface area (Å²) in [5.41, 5.74) is 8.78. The minimum absolute atomic E-state index is 0.0873. The lowest BCUT2D eigenvalue weighted by atomic mass is 9.93. The number of aliphatic imine (C=N–C) groups is 2. The molecule has 1 amide bonds. The van der Waals surface area contributed by atoms with E-state index in [-0.39, 0.29) is 38.0 Å². The monoisotopic (exact) mass is 974 g/mol. The number of amides is 1. The number of rotatable bonds is 14. The van der Waals surface area contributed by atoms with Gasteiger partial charge in [-0.1, -0.05) is 42.5 Å². The molecule has 354 valence electrons. The Kier molecular flexibility index (Phi) is 12.8. The topological polar surface area (TPSA) is 176 Å². The Morgan fingerprint density at radius 2 is 1.30 bits per heavy atom. The van der Waals surface area contributed by atoms with Crippen molar-refractivity contribution in [3.05, 3.63) is 167 Å². The van der Waals surface area contributed by atoms with Gasteiger partial charge in [0.25, 0.3) is 5.91 Å². The molecule has 70 heavy (non-hydrogen) atoms. The lowest BCUT2D eigenvalue weighted by Gasteiger charge is -2.23. The highest BCUT2D eigenvalue weighted by Crippen LogP contribution is 2.43. The van der Waals surface area contributed by atoms with Crippen LogP contribution in [0.3, 0.4) is 0 Å². The number of benzene rings is 6. The second kappa shape index (κ2) is 19.4. The Balaban J connectivity index is 0.729. The lowest BCUT2D eigenvalue weighted by Crippen LogP contribution is -2.33. The number of carbonyl (C=O) groups is 1. The van der Waals surface area contributed by atoms with Crippen LogP contribution in [-0.4, -0.2) is 75.9 Å². The van der Waals surface area contributed by atoms with Crippen LogP contribution in [-0.2, 0) is 31.5 Å². The molecule has 16 heteroatoms. The minimum Gasteiger partial charge on any atom is -0.497 e. The maximum atomic E-state index is 13.1. The number of carbonyl (C=O) groups excluding carboxylic acids is 1. The summed E-state index contributed by atoms with van der Waals surface area (Å²) in [6.45, 7) is 6.44. The molecular weight excluding hydrogens is 929 g/mol. The van der Waals surface area contributed by atoms with E-state index in [4.69, 9.17) is 38.4 Å². The van der Waals surface area contributed by atoms with Crippen molar-refractivity contribution < 1.29 is 46.7 Å². The van der Waals surface area contributed by atoms with Crippen LogP contribution in [0, 0.1) is 13.8 Å².